The lowest BCUT2D eigenvalue weighted by Crippen LogP contribution is -2.39. The lowest BCUT2D eigenvalue weighted by atomic mass is 9.99. The molecular formula is C19H24N2O2. The number of nitrogens with zero attached hydrogens (tertiary/aromatic N) is 1. The number of benzene rings is 1. The Hall–Kier alpha value is -2.10. The highest BCUT2D eigenvalue weighted by atomic mass is 16.2. The highest BCUT2D eigenvalue weighted by Crippen LogP contribution is 2.17. The number of amides is 1. The van der Waals surface area contributed by atoms with Crippen LogP contribution in [0.15, 0.2) is 29.1 Å². The van der Waals surface area contributed by atoms with Gasteiger partial charge in [0.25, 0.3) is 5.56 Å². The average Bonchev–Trinajstić information content (AvgIpc) is 2.53. The van der Waals surface area contributed by atoms with Crippen LogP contribution in [0.2, 0.25) is 0 Å². The van der Waals surface area contributed by atoms with E-state index < -0.39 is 0 Å². The Balaban J connectivity index is 1.72. The molecule has 1 aliphatic rings. The van der Waals surface area contributed by atoms with Crippen LogP contribution in [0, 0.1) is 12.8 Å². The van der Waals surface area contributed by atoms with Crippen LogP contribution in [0.25, 0.3) is 10.9 Å². The number of H-pyrrole nitrogens is 1. The maximum atomic E-state index is 12.4. The standard InChI is InChI=1S/C19H24N2O2/c1-13-5-7-17-16(10-13)11-15(19(23)20-17)6-8-18(22)21-9-3-4-14(2)12-21/h5,7,10-11,14H,3-4,6,8-9,12H2,1-2H3,(H,20,23). The molecule has 0 spiro atoms. The Morgan fingerprint density at radius 3 is 2.96 bits per heavy atom. The van der Waals surface area contributed by atoms with Gasteiger partial charge in [0.2, 0.25) is 5.91 Å². The first-order valence-corrected chi connectivity index (χ1v) is 8.43. The Kier molecular flexibility index (Phi) is 4.51. The molecule has 2 heterocycles. The van der Waals surface area contributed by atoms with Gasteiger partial charge >= 0.3 is 0 Å². The third-order valence-electron chi connectivity index (χ3n) is 4.69. The predicted molar refractivity (Wildman–Crippen MR) is 92.6 cm³/mol. The van der Waals surface area contributed by atoms with E-state index in [1.54, 1.807) is 0 Å². The van der Waals surface area contributed by atoms with Gasteiger partial charge in [0.05, 0.1) is 0 Å². The Bertz CT molecular complexity index is 779. The number of hydrogen-bond acceptors (Lipinski definition) is 2. The number of fused-ring (bicyclic) bond motifs is 1. The van der Waals surface area contributed by atoms with E-state index in [0.717, 1.165) is 36.0 Å². The first-order valence-electron chi connectivity index (χ1n) is 8.43. The number of hydrogen-bond donors (Lipinski definition) is 1. The van der Waals surface area contributed by atoms with Crippen molar-refractivity contribution in [3.05, 3.63) is 45.7 Å². The number of aromatic amines is 1. The Morgan fingerprint density at radius 1 is 1.35 bits per heavy atom. The molecule has 3 rings (SSSR count). The highest BCUT2D eigenvalue weighted by molar-refractivity contribution is 5.80. The van der Waals surface area contributed by atoms with Crippen molar-refractivity contribution in [2.75, 3.05) is 13.1 Å². The number of aryl methyl sites for hydroxylation is 2. The van der Waals surface area contributed by atoms with Crippen LogP contribution >= 0.6 is 0 Å². The van der Waals surface area contributed by atoms with Crippen LogP contribution in [0.4, 0.5) is 0 Å². The molecule has 122 valence electrons. The number of rotatable bonds is 3. The van der Waals surface area contributed by atoms with E-state index in [4.69, 9.17) is 0 Å². The third kappa shape index (κ3) is 3.63. The van der Waals surface area contributed by atoms with Crippen molar-refractivity contribution in [1.82, 2.24) is 9.88 Å². The number of piperidine rings is 1. The molecule has 23 heavy (non-hydrogen) atoms. The van der Waals surface area contributed by atoms with Crippen molar-refractivity contribution in [3.63, 3.8) is 0 Å². The topological polar surface area (TPSA) is 53.2 Å². The summed E-state index contributed by atoms with van der Waals surface area (Å²) < 4.78 is 0. The number of carbonyl (C=O) groups excluding carboxylic acids is 1. The van der Waals surface area contributed by atoms with Gasteiger partial charge in [0.15, 0.2) is 0 Å². The number of likely N-dealkylation sites (tertiary alicyclic amines) is 1. The molecule has 2 aromatic rings. The molecule has 0 aliphatic carbocycles. The van der Waals surface area contributed by atoms with Crippen LogP contribution in [-0.4, -0.2) is 28.9 Å². The molecule has 1 aromatic heterocycles. The lowest BCUT2D eigenvalue weighted by Gasteiger charge is -2.31. The summed E-state index contributed by atoms with van der Waals surface area (Å²) in [7, 11) is 0. The minimum Gasteiger partial charge on any atom is -0.342 e. The van der Waals surface area contributed by atoms with Gasteiger partial charge in [-0.3, -0.25) is 9.59 Å². The summed E-state index contributed by atoms with van der Waals surface area (Å²) in [5.74, 6) is 0.750. The predicted octanol–water partition coefficient (Wildman–Crippen LogP) is 3.03. The fraction of sp³-hybridized carbons (Fsp3) is 0.474. The molecule has 1 aromatic carbocycles. The van der Waals surface area contributed by atoms with Crippen LogP contribution in [0.1, 0.15) is 37.3 Å². The SMILES string of the molecule is Cc1ccc2[nH]c(=O)c(CCC(=O)N3CCCC(C)C3)cc2c1. The maximum Gasteiger partial charge on any atom is 0.251 e. The summed E-state index contributed by atoms with van der Waals surface area (Å²) in [4.78, 5) is 29.4. The van der Waals surface area contributed by atoms with Crippen LogP contribution in [0.3, 0.4) is 0 Å². The van der Waals surface area contributed by atoms with Gasteiger partial charge in [-0.15, -0.1) is 0 Å². The molecule has 1 unspecified atom stereocenters. The van der Waals surface area contributed by atoms with Crippen LogP contribution in [0.5, 0.6) is 0 Å². The number of nitrogens with one attached hydrogen (secondary N) is 1. The molecule has 4 heteroatoms. The molecule has 1 aliphatic heterocycles. The molecule has 0 saturated carbocycles. The van der Waals surface area contributed by atoms with Crippen molar-refractivity contribution in [3.8, 4) is 0 Å². The van der Waals surface area contributed by atoms with E-state index in [0.29, 0.717) is 24.3 Å². The summed E-state index contributed by atoms with van der Waals surface area (Å²) >= 11 is 0. The summed E-state index contributed by atoms with van der Waals surface area (Å²) in [6, 6.07) is 7.89. The number of aromatic nitrogens is 1. The zero-order valence-corrected chi connectivity index (χ0v) is 13.9. The van der Waals surface area contributed by atoms with Gasteiger partial charge in [0.1, 0.15) is 0 Å². The van der Waals surface area contributed by atoms with Gasteiger partial charge in [-0.2, -0.15) is 0 Å². The molecule has 1 fully saturated rings. The lowest BCUT2D eigenvalue weighted by molar-refractivity contribution is -0.132. The van der Waals surface area contributed by atoms with Crippen LogP contribution in [-0.2, 0) is 11.2 Å². The third-order valence-corrected chi connectivity index (χ3v) is 4.69. The normalized spacial score (nSPS) is 18.3. The fourth-order valence-electron chi connectivity index (χ4n) is 3.37. The van der Waals surface area contributed by atoms with Crippen molar-refractivity contribution < 1.29 is 4.79 Å². The molecule has 1 N–H and O–H groups in total. The highest BCUT2D eigenvalue weighted by Gasteiger charge is 2.20. The van der Waals surface area contributed by atoms with Gasteiger partial charge in [-0.25, -0.2) is 0 Å². The second-order valence-corrected chi connectivity index (χ2v) is 6.80. The molecule has 1 atom stereocenters. The molecular weight excluding hydrogens is 288 g/mol. The van der Waals surface area contributed by atoms with E-state index in [1.165, 1.54) is 6.42 Å². The van der Waals surface area contributed by atoms with Gasteiger partial charge in [0, 0.05) is 30.6 Å². The van der Waals surface area contributed by atoms with E-state index in [1.807, 2.05) is 30.0 Å². The van der Waals surface area contributed by atoms with Gasteiger partial charge in [-0.1, -0.05) is 18.6 Å². The number of carbonyl (C=O) groups is 1. The molecule has 1 amide bonds. The molecule has 0 bridgehead atoms. The van der Waals surface area contributed by atoms with E-state index in [-0.39, 0.29) is 11.5 Å². The minimum absolute atomic E-state index is 0.0823. The minimum atomic E-state index is -0.0823. The summed E-state index contributed by atoms with van der Waals surface area (Å²) in [5.41, 5.74) is 2.62. The molecule has 1 saturated heterocycles. The summed E-state index contributed by atoms with van der Waals surface area (Å²) in [6.07, 6.45) is 3.20. The average molecular weight is 312 g/mol. The molecule has 0 radical (unpaired) electrons. The zero-order chi connectivity index (χ0) is 16.4. The Labute approximate surface area is 136 Å². The monoisotopic (exact) mass is 312 g/mol. The van der Waals surface area contributed by atoms with Gasteiger partial charge < -0.3 is 9.88 Å². The van der Waals surface area contributed by atoms with Crippen molar-refractivity contribution in [2.24, 2.45) is 5.92 Å². The van der Waals surface area contributed by atoms with E-state index >= 15 is 0 Å². The van der Waals surface area contributed by atoms with Crippen molar-refractivity contribution in [1.29, 1.82) is 0 Å². The maximum absolute atomic E-state index is 12.4. The van der Waals surface area contributed by atoms with Crippen LogP contribution < -0.4 is 5.56 Å². The second-order valence-electron chi connectivity index (χ2n) is 6.80. The van der Waals surface area contributed by atoms with Gasteiger partial charge in [-0.05, 0) is 55.7 Å². The van der Waals surface area contributed by atoms with E-state index in [9.17, 15) is 9.59 Å². The fourth-order valence-corrected chi connectivity index (χ4v) is 3.37. The van der Waals surface area contributed by atoms with Crippen molar-refractivity contribution >= 4 is 16.8 Å². The summed E-state index contributed by atoms with van der Waals surface area (Å²) in [6.45, 7) is 5.93. The molecule has 4 nitrogen and oxygen atoms in total. The smallest absolute Gasteiger partial charge is 0.251 e. The first-order chi connectivity index (χ1) is 11.0. The number of pyridine rings is 1. The Morgan fingerprint density at radius 2 is 2.17 bits per heavy atom. The largest absolute Gasteiger partial charge is 0.342 e. The van der Waals surface area contributed by atoms with Crippen molar-refractivity contribution in [2.45, 2.75) is 39.5 Å². The summed E-state index contributed by atoms with van der Waals surface area (Å²) in [5, 5.41) is 1.03. The zero-order valence-electron chi connectivity index (χ0n) is 13.9. The first kappa shape index (κ1) is 15.8. The quantitative estimate of drug-likeness (QED) is 0.947. The van der Waals surface area contributed by atoms with E-state index in [2.05, 4.69) is 18.0 Å². The second kappa shape index (κ2) is 6.57.